The number of likely N-dealkylation sites (tertiary alicyclic amines) is 2. The van der Waals surface area contributed by atoms with Gasteiger partial charge in [0.1, 0.15) is 16.3 Å². The lowest BCUT2D eigenvalue weighted by Gasteiger charge is -2.51. The first-order chi connectivity index (χ1) is 24.5. The van der Waals surface area contributed by atoms with Crippen LogP contribution in [0.2, 0.25) is 0 Å². The van der Waals surface area contributed by atoms with Crippen molar-refractivity contribution in [3.63, 3.8) is 0 Å². The van der Waals surface area contributed by atoms with Crippen molar-refractivity contribution in [1.82, 2.24) is 14.8 Å². The highest BCUT2D eigenvalue weighted by Gasteiger charge is 2.56. The van der Waals surface area contributed by atoms with Gasteiger partial charge in [-0.1, -0.05) is 31.5 Å². The van der Waals surface area contributed by atoms with Crippen LogP contribution in [0.5, 0.6) is 5.75 Å². The second kappa shape index (κ2) is 15.6. The van der Waals surface area contributed by atoms with Crippen molar-refractivity contribution in [2.24, 2.45) is 0 Å². The largest absolute Gasteiger partial charge is 0.481 e. The zero-order chi connectivity index (χ0) is 37.9. The number of amides is 2. The number of benzene rings is 1. The lowest BCUT2D eigenvalue weighted by molar-refractivity contribution is -0.163. The van der Waals surface area contributed by atoms with Crippen molar-refractivity contribution < 1.29 is 55.7 Å². The van der Waals surface area contributed by atoms with Gasteiger partial charge in [-0.05, 0) is 49.4 Å². The predicted octanol–water partition coefficient (Wildman–Crippen LogP) is 7.48. The minimum Gasteiger partial charge on any atom is -0.481 e. The number of hydrogen-bond donors (Lipinski definition) is 2. The third-order valence-electron chi connectivity index (χ3n) is 9.36. The van der Waals surface area contributed by atoms with Crippen LogP contribution in [-0.4, -0.2) is 79.8 Å². The van der Waals surface area contributed by atoms with Crippen LogP contribution in [0.3, 0.4) is 0 Å². The number of hydrogen-bond acceptors (Lipinski definition) is 8. The number of carbonyl (C=O) groups excluding carboxylic acids is 2. The first kappa shape index (κ1) is 39.4. The molecule has 52 heavy (non-hydrogen) atoms. The second-order valence-electron chi connectivity index (χ2n) is 12.8. The maximum atomic E-state index is 14.8. The molecule has 2 saturated heterocycles. The molecule has 282 valence electrons. The minimum absolute atomic E-state index is 0.0166. The minimum atomic E-state index is -4.92. The molecule has 2 atom stereocenters. The molecule has 9 nitrogen and oxygen atoms in total. The molecule has 4 heterocycles. The van der Waals surface area contributed by atoms with Crippen LogP contribution in [0.4, 0.5) is 26.3 Å². The molecule has 17 heteroatoms. The smallest absolute Gasteiger partial charge is 0.425 e. The molecule has 0 radical (unpaired) electrons. The molecule has 2 aliphatic heterocycles. The van der Waals surface area contributed by atoms with Gasteiger partial charge in [0.25, 0.3) is 11.8 Å². The number of aliphatic carboxylic acids is 1. The standard InChI is InChI=1S/C35H37F6N3O6S2/c1-2-7-26-33(50-22-20-27(52-21-22)35(39,40)41,12-6-16-44(26)30(47)29-24(34(36,37)38)9-5-15-42-29)31(48)43-17-13-32(49,14-18-43)23-8-3-4-10-25(23)51-19-11-28(45)46/h3-5,8-10,15,20-21,26,49H,2,6-7,11-14,16-19H2,1H3,(H,45,46)/t26-,33+/m1/s1. The zero-order valence-corrected chi connectivity index (χ0v) is 29.6. The number of ether oxygens (including phenoxy) is 1. The van der Waals surface area contributed by atoms with Gasteiger partial charge in [0, 0.05) is 54.3 Å². The van der Waals surface area contributed by atoms with Crippen LogP contribution in [0, 0.1) is 0 Å². The first-order valence-corrected chi connectivity index (χ1v) is 18.5. The van der Waals surface area contributed by atoms with E-state index in [0.717, 1.165) is 34.7 Å². The Balaban J connectivity index is 1.50. The van der Waals surface area contributed by atoms with E-state index in [9.17, 15) is 45.8 Å². The van der Waals surface area contributed by atoms with Gasteiger partial charge in [0.05, 0.1) is 23.6 Å². The Kier molecular flexibility index (Phi) is 11.8. The van der Waals surface area contributed by atoms with E-state index in [1.165, 1.54) is 16.7 Å². The van der Waals surface area contributed by atoms with Gasteiger partial charge in [-0.25, -0.2) is 0 Å². The van der Waals surface area contributed by atoms with E-state index in [1.54, 1.807) is 31.2 Å². The van der Waals surface area contributed by atoms with Crippen molar-refractivity contribution in [1.29, 1.82) is 0 Å². The SMILES string of the molecule is CCC[C@H]1N(C(=O)c2ncccc2C(F)(F)F)CCC[C@@]1(Oc1csc(C(F)(F)F)c1)C(=O)N1CCC(O)(c2ccccc2SCCC(=O)O)CC1. The lowest BCUT2D eigenvalue weighted by Crippen LogP contribution is -2.68. The number of thiophene rings is 1. The fourth-order valence-electron chi connectivity index (χ4n) is 6.92. The van der Waals surface area contributed by atoms with Crippen molar-refractivity contribution in [2.75, 3.05) is 25.4 Å². The molecule has 2 aliphatic rings. The molecule has 0 aliphatic carbocycles. The summed E-state index contributed by atoms with van der Waals surface area (Å²) in [6, 6.07) is 8.36. The van der Waals surface area contributed by atoms with Crippen molar-refractivity contribution >= 4 is 40.9 Å². The van der Waals surface area contributed by atoms with E-state index in [-0.39, 0.29) is 69.7 Å². The second-order valence-corrected chi connectivity index (χ2v) is 14.8. The molecule has 2 aromatic heterocycles. The number of halogens is 6. The highest BCUT2D eigenvalue weighted by molar-refractivity contribution is 7.99. The van der Waals surface area contributed by atoms with Crippen LogP contribution >= 0.6 is 23.1 Å². The molecular weight excluding hydrogens is 737 g/mol. The Morgan fingerprint density at radius 3 is 2.37 bits per heavy atom. The molecule has 0 saturated carbocycles. The molecule has 0 unspecified atom stereocenters. The Morgan fingerprint density at radius 1 is 1.02 bits per heavy atom. The van der Waals surface area contributed by atoms with Gasteiger partial charge < -0.3 is 24.7 Å². The summed E-state index contributed by atoms with van der Waals surface area (Å²) >= 11 is 1.64. The summed E-state index contributed by atoms with van der Waals surface area (Å²) in [6.07, 6.45) is -8.11. The summed E-state index contributed by atoms with van der Waals surface area (Å²) in [6.45, 7) is 1.66. The Hall–Kier alpha value is -3.83. The van der Waals surface area contributed by atoms with E-state index in [0.29, 0.717) is 28.2 Å². The molecule has 5 rings (SSSR count). The number of aliphatic hydroxyl groups is 1. The number of thioether (sulfide) groups is 1. The Bertz CT molecular complexity index is 1760. The summed E-state index contributed by atoms with van der Waals surface area (Å²) in [5.74, 6) is -2.71. The molecule has 3 aromatic rings. The van der Waals surface area contributed by atoms with Crippen LogP contribution in [0.15, 0.2) is 58.9 Å². The normalized spacial score (nSPS) is 20.8. The van der Waals surface area contributed by atoms with Gasteiger partial charge >= 0.3 is 18.3 Å². The third kappa shape index (κ3) is 8.36. The number of carbonyl (C=O) groups is 3. The van der Waals surface area contributed by atoms with E-state index in [1.807, 2.05) is 0 Å². The van der Waals surface area contributed by atoms with E-state index in [4.69, 9.17) is 9.84 Å². The number of carboxylic acids is 1. The van der Waals surface area contributed by atoms with Crippen molar-refractivity contribution in [3.8, 4) is 5.75 Å². The number of piperidine rings is 2. The Morgan fingerprint density at radius 2 is 1.73 bits per heavy atom. The topological polar surface area (TPSA) is 120 Å². The number of carboxylic acid groups (broad SMARTS) is 1. The van der Waals surface area contributed by atoms with Crippen LogP contribution < -0.4 is 4.74 Å². The highest BCUT2D eigenvalue weighted by Crippen LogP contribution is 2.44. The van der Waals surface area contributed by atoms with Gasteiger partial charge in [-0.15, -0.1) is 23.1 Å². The number of rotatable bonds is 11. The number of aromatic nitrogens is 1. The third-order valence-corrected chi connectivity index (χ3v) is 11.4. The monoisotopic (exact) mass is 773 g/mol. The molecule has 2 fully saturated rings. The van der Waals surface area contributed by atoms with Gasteiger partial charge in [-0.3, -0.25) is 19.4 Å². The summed E-state index contributed by atoms with van der Waals surface area (Å²) in [7, 11) is 0. The molecule has 2 amide bonds. The molecule has 1 aromatic carbocycles. The molecule has 0 bridgehead atoms. The number of pyridine rings is 1. The summed E-state index contributed by atoms with van der Waals surface area (Å²) in [4.78, 5) is 45.9. The summed E-state index contributed by atoms with van der Waals surface area (Å²) in [5, 5.41) is 22.0. The van der Waals surface area contributed by atoms with Gasteiger partial charge in [-0.2, -0.15) is 26.3 Å². The fourth-order valence-corrected chi connectivity index (χ4v) is 8.68. The van der Waals surface area contributed by atoms with E-state index in [2.05, 4.69) is 4.98 Å². The zero-order valence-electron chi connectivity index (χ0n) is 28.0. The van der Waals surface area contributed by atoms with Crippen molar-refractivity contribution in [3.05, 3.63) is 75.7 Å². The molecular formula is C35H37F6N3O6S2. The molecule has 2 N–H and O–H groups in total. The molecule has 0 spiro atoms. The lowest BCUT2D eigenvalue weighted by atomic mass is 9.78. The van der Waals surface area contributed by atoms with Gasteiger partial charge in [0.2, 0.25) is 5.60 Å². The maximum absolute atomic E-state index is 14.8. The first-order valence-electron chi connectivity index (χ1n) is 16.6. The van der Waals surface area contributed by atoms with Gasteiger partial charge in [0.15, 0.2) is 0 Å². The predicted molar refractivity (Wildman–Crippen MR) is 180 cm³/mol. The average Bonchev–Trinajstić information content (AvgIpc) is 3.58. The van der Waals surface area contributed by atoms with Crippen LogP contribution in [0.1, 0.15) is 78.4 Å². The Labute approximate surface area is 304 Å². The van der Waals surface area contributed by atoms with Crippen molar-refractivity contribution in [2.45, 2.75) is 86.4 Å². The number of nitrogens with zero attached hydrogens (tertiary/aromatic N) is 3. The van der Waals surface area contributed by atoms with E-state index < -0.39 is 63.5 Å². The van der Waals surface area contributed by atoms with Crippen LogP contribution in [0.25, 0.3) is 0 Å². The summed E-state index contributed by atoms with van der Waals surface area (Å²) < 4.78 is 89.2. The fraction of sp³-hybridized carbons (Fsp3) is 0.486. The average molecular weight is 774 g/mol. The van der Waals surface area contributed by atoms with E-state index >= 15 is 0 Å². The van der Waals surface area contributed by atoms with Crippen LogP contribution in [-0.2, 0) is 27.5 Å². The quantitative estimate of drug-likeness (QED) is 0.152. The maximum Gasteiger partial charge on any atom is 0.425 e. The highest BCUT2D eigenvalue weighted by atomic mass is 32.2. The number of alkyl halides is 6. The summed E-state index contributed by atoms with van der Waals surface area (Å²) in [5.41, 5.74) is -4.95.